The van der Waals surface area contributed by atoms with E-state index in [1.54, 1.807) is 0 Å². The Morgan fingerprint density at radius 1 is 0.700 bits per heavy atom. The van der Waals surface area contributed by atoms with Crippen molar-refractivity contribution in [3.63, 3.8) is 0 Å². The first-order valence-corrected chi connectivity index (χ1v) is 8.11. The van der Waals surface area contributed by atoms with Crippen molar-refractivity contribution in [3.8, 4) is 0 Å². The maximum absolute atomic E-state index is 3.65. The van der Waals surface area contributed by atoms with Crippen molar-refractivity contribution in [3.05, 3.63) is 68.6 Å². The molecule has 0 radical (unpaired) electrons. The van der Waals surface area contributed by atoms with Crippen LogP contribution in [-0.4, -0.2) is 14.1 Å². The molecule has 2 N–H and O–H groups in total. The van der Waals surface area contributed by atoms with E-state index in [0.717, 1.165) is 8.95 Å². The van der Waals surface area contributed by atoms with E-state index in [4.69, 9.17) is 0 Å². The Morgan fingerprint density at radius 2 is 1.05 bits per heavy atom. The van der Waals surface area contributed by atoms with E-state index in [0.29, 0.717) is 0 Å². The standard InChI is InChI=1S/C16H18Br2N2/c1-19-15(11-7-3-5-9-13(11)17)16(20-2)12-8-4-6-10-14(12)18/h3-10,15-16,19-20H,1-2H3/t15-,16-/m0/s1. The van der Waals surface area contributed by atoms with Crippen LogP contribution in [0.3, 0.4) is 0 Å². The molecule has 0 aliphatic carbocycles. The molecule has 0 aliphatic rings. The molecule has 4 heteroatoms. The Balaban J connectivity index is 2.44. The summed E-state index contributed by atoms with van der Waals surface area (Å²) < 4.78 is 2.23. The summed E-state index contributed by atoms with van der Waals surface area (Å²) in [6, 6.07) is 17.0. The highest BCUT2D eigenvalue weighted by molar-refractivity contribution is 9.10. The summed E-state index contributed by atoms with van der Waals surface area (Å²) in [4.78, 5) is 0. The van der Waals surface area contributed by atoms with Gasteiger partial charge in [-0.15, -0.1) is 0 Å². The Bertz CT molecular complexity index is 520. The number of likely N-dealkylation sites (N-methyl/N-ethyl adjacent to an activating group) is 2. The van der Waals surface area contributed by atoms with Crippen molar-refractivity contribution in [2.75, 3.05) is 14.1 Å². The zero-order valence-corrected chi connectivity index (χ0v) is 14.7. The van der Waals surface area contributed by atoms with Gasteiger partial charge in [0, 0.05) is 8.95 Å². The minimum Gasteiger partial charge on any atom is -0.311 e. The Kier molecular flexibility index (Phi) is 5.78. The van der Waals surface area contributed by atoms with Crippen molar-refractivity contribution in [2.45, 2.75) is 12.1 Å². The summed E-state index contributed by atoms with van der Waals surface area (Å²) in [7, 11) is 3.98. The van der Waals surface area contributed by atoms with Crippen LogP contribution in [0, 0.1) is 0 Å². The third-order valence-corrected chi connectivity index (χ3v) is 4.88. The molecule has 2 aromatic carbocycles. The van der Waals surface area contributed by atoms with Crippen molar-refractivity contribution in [2.24, 2.45) is 0 Å². The highest BCUT2D eigenvalue weighted by atomic mass is 79.9. The van der Waals surface area contributed by atoms with Gasteiger partial charge in [0.2, 0.25) is 0 Å². The number of benzene rings is 2. The topological polar surface area (TPSA) is 24.1 Å². The molecule has 106 valence electrons. The fraction of sp³-hybridized carbons (Fsp3) is 0.250. The molecule has 2 atom stereocenters. The fourth-order valence-electron chi connectivity index (χ4n) is 2.46. The van der Waals surface area contributed by atoms with E-state index in [9.17, 15) is 0 Å². The Labute approximate surface area is 137 Å². The molecule has 0 saturated carbocycles. The summed E-state index contributed by atoms with van der Waals surface area (Å²) in [5.74, 6) is 0. The summed E-state index contributed by atoms with van der Waals surface area (Å²) in [5, 5.41) is 6.85. The average molecular weight is 398 g/mol. The molecule has 2 nitrogen and oxygen atoms in total. The molecular weight excluding hydrogens is 380 g/mol. The monoisotopic (exact) mass is 396 g/mol. The number of halogens is 2. The fourth-order valence-corrected chi connectivity index (χ4v) is 3.52. The van der Waals surface area contributed by atoms with Crippen LogP contribution in [0.15, 0.2) is 57.5 Å². The highest BCUT2D eigenvalue weighted by Crippen LogP contribution is 2.35. The van der Waals surface area contributed by atoms with Crippen LogP contribution in [0.25, 0.3) is 0 Å². The molecule has 2 aromatic rings. The molecule has 0 aliphatic heterocycles. The van der Waals surface area contributed by atoms with Gasteiger partial charge in [0.15, 0.2) is 0 Å². The molecule has 0 fully saturated rings. The summed E-state index contributed by atoms with van der Waals surface area (Å²) >= 11 is 7.29. The highest BCUT2D eigenvalue weighted by Gasteiger charge is 2.24. The average Bonchev–Trinajstić information content (AvgIpc) is 2.47. The number of hydrogen-bond donors (Lipinski definition) is 2. The van der Waals surface area contributed by atoms with E-state index in [2.05, 4.69) is 78.9 Å². The van der Waals surface area contributed by atoms with Gasteiger partial charge >= 0.3 is 0 Å². The van der Waals surface area contributed by atoms with Crippen LogP contribution in [0.4, 0.5) is 0 Å². The molecule has 0 heterocycles. The second-order valence-electron chi connectivity index (χ2n) is 4.58. The zero-order valence-electron chi connectivity index (χ0n) is 11.5. The zero-order chi connectivity index (χ0) is 14.5. The number of rotatable bonds is 5. The molecule has 0 bridgehead atoms. The molecule has 2 rings (SSSR count). The van der Waals surface area contributed by atoms with Crippen molar-refractivity contribution in [1.29, 1.82) is 0 Å². The molecule has 0 aromatic heterocycles. The summed E-state index contributed by atoms with van der Waals surface area (Å²) in [5.41, 5.74) is 2.48. The first-order valence-electron chi connectivity index (χ1n) is 6.52. The van der Waals surface area contributed by atoms with Gasteiger partial charge < -0.3 is 10.6 Å². The first-order chi connectivity index (χ1) is 9.69. The second kappa shape index (κ2) is 7.36. The van der Waals surface area contributed by atoms with Gasteiger partial charge in [0.1, 0.15) is 0 Å². The molecule has 0 unspecified atom stereocenters. The number of nitrogens with one attached hydrogen (secondary N) is 2. The second-order valence-corrected chi connectivity index (χ2v) is 6.28. The minimum atomic E-state index is 0.175. The predicted molar refractivity (Wildman–Crippen MR) is 91.9 cm³/mol. The quantitative estimate of drug-likeness (QED) is 0.779. The van der Waals surface area contributed by atoms with Crippen LogP contribution in [-0.2, 0) is 0 Å². The van der Waals surface area contributed by atoms with Gasteiger partial charge in [-0.2, -0.15) is 0 Å². The third-order valence-electron chi connectivity index (χ3n) is 3.44. The normalized spacial score (nSPS) is 14.0. The lowest BCUT2D eigenvalue weighted by Crippen LogP contribution is -2.32. The van der Waals surface area contributed by atoms with Gasteiger partial charge in [0.25, 0.3) is 0 Å². The maximum Gasteiger partial charge on any atom is 0.0527 e. The van der Waals surface area contributed by atoms with Crippen molar-refractivity contribution < 1.29 is 0 Å². The van der Waals surface area contributed by atoms with Crippen LogP contribution in [0.1, 0.15) is 23.2 Å². The molecule has 20 heavy (non-hydrogen) atoms. The lowest BCUT2D eigenvalue weighted by molar-refractivity contribution is 0.430. The largest absolute Gasteiger partial charge is 0.311 e. The lowest BCUT2D eigenvalue weighted by Gasteiger charge is -2.29. The van der Waals surface area contributed by atoms with Crippen LogP contribution in [0.5, 0.6) is 0 Å². The van der Waals surface area contributed by atoms with Gasteiger partial charge in [0.05, 0.1) is 12.1 Å². The SMILES string of the molecule is CN[C@@H](c1ccccc1Br)[C@@H](NC)c1ccccc1Br. The predicted octanol–water partition coefficient (Wildman–Crippen LogP) is 4.43. The van der Waals surface area contributed by atoms with Crippen LogP contribution >= 0.6 is 31.9 Å². The molecular formula is C16H18Br2N2. The number of hydrogen-bond acceptors (Lipinski definition) is 2. The van der Waals surface area contributed by atoms with Gasteiger partial charge in [-0.05, 0) is 37.4 Å². The van der Waals surface area contributed by atoms with Crippen molar-refractivity contribution in [1.82, 2.24) is 10.6 Å². The van der Waals surface area contributed by atoms with E-state index in [-0.39, 0.29) is 12.1 Å². The van der Waals surface area contributed by atoms with Crippen LogP contribution < -0.4 is 10.6 Å². The van der Waals surface area contributed by atoms with E-state index in [1.165, 1.54) is 11.1 Å². The Morgan fingerprint density at radius 3 is 1.35 bits per heavy atom. The van der Waals surface area contributed by atoms with Gasteiger partial charge in [-0.1, -0.05) is 68.3 Å². The maximum atomic E-state index is 3.65. The smallest absolute Gasteiger partial charge is 0.0527 e. The Hall–Kier alpha value is -0.680. The molecule has 0 amide bonds. The molecule has 0 spiro atoms. The minimum absolute atomic E-state index is 0.175. The van der Waals surface area contributed by atoms with E-state index >= 15 is 0 Å². The van der Waals surface area contributed by atoms with Gasteiger partial charge in [-0.3, -0.25) is 0 Å². The molecule has 0 saturated heterocycles. The first kappa shape index (κ1) is 15.7. The third kappa shape index (κ3) is 3.31. The summed E-state index contributed by atoms with van der Waals surface area (Å²) in [6.45, 7) is 0. The van der Waals surface area contributed by atoms with Gasteiger partial charge in [-0.25, -0.2) is 0 Å². The van der Waals surface area contributed by atoms with Crippen LogP contribution in [0.2, 0.25) is 0 Å². The lowest BCUT2D eigenvalue weighted by atomic mass is 9.93. The van der Waals surface area contributed by atoms with Crippen molar-refractivity contribution >= 4 is 31.9 Å². The van der Waals surface area contributed by atoms with E-state index < -0.39 is 0 Å². The van der Waals surface area contributed by atoms with E-state index in [1.807, 2.05) is 26.2 Å². The summed E-state index contributed by atoms with van der Waals surface area (Å²) in [6.07, 6.45) is 0.